The molecule has 10 heavy (non-hydrogen) atoms. The molecule has 1 unspecified atom stereocenters. The van der Waals surface area contributed by atoms with Gasteiger partial charge in [0.25, 0.3) is 0 Å². The molecule has 1 rings (SSSR count). The minimum absolute atomic E-state index is 0.263. The quantitative estimate of drug-likeness (QED) is 0.339. The summed E-state index contributed by atoms with van der Waals surface area (Å²) in [5.41, 5.74) is -0.974. The third-order valence-electron chi connectivity index (χ3n) is 1.47. The van der Waals surface area contributed by atoms with Crippen LogP contribution in [0.1, 0.15) is 0 Å². The van der Waals surface area contributed by atoms with Crippen LogP contribution in [0.3, 0.4) is 0 Å². The molecule has 0 amide bonds. The Balaban J connectivity index is 2.52. The maximum atomic E-state index is 8.94. The molecule has 60 valence electrons. The molecule has 0 aromatic rings. The smallest absolute Gasteiger partial charge is 0.128 e. The first-order chi connectivity index (χ1) is 4.63. The maximum absolute atomic E-state index is 8.94. The minimum Gasteiger partial charge on any atom is -0.389 e. The van der Waals surface area contributed by atoms with Crippen LogP contribution >= 0.6 is 11.8 Å². The Morgan fingerprint density at radius 2 is 1.60 bits per heavy atom. The van der Waals surface area contributed by atoms with Crippen LogP contribution in [-0.4, -0.2) is 49.9 Å². The Morgan fingerprint density at radius 1 is 1.00 bits per heavy atom. The molecule has 1 aliphatic heterocycles. The molecule has 4 nitrogen and oxygen atoms in total. The van der Waals surface area contributed by atoms with Gasteiger partial charge in [-0.25, -0.2) is 0 Å². The van der Waals surface area contributed by atoms with E-state index in [4.69, 9.17) is 20.4 Å². The average Bonchev–Trinajstić information content (AvgIpc) is 1.93. The molecule has 0 spiro atoms. The van der Waals surface area contributed by atoms with Gasteiger partial charge in [-0.1, -0.05) is 0 Å². The maximum Gasteiger partial charge on any atom is 0.128 e. The number of thioether (sulfide) groups is 1. The van der Waals surface area contributed by atoms with Gasteiger partial charge in [0.2, 0.25) is 0 Å². The fraction of sp³-hybridized carbons (Fsp3) is 1.00. The minimum atomic E-state index is -1.23. The second kappa shape index (κ2) is 3.06. The Kier molecular flexibility index (Phi) is 2.54. The summed E-state index contributed by atoms with van der Waals surface area (Å²) >= 11 is 1.03. The van der Waals surface area contributed by atoms with Gasteiger partial charge in [-0.2, -0.15) is 0 Å². The zero-order valence-corrected chi connectivity index (χ0v) is 6.03. The molecular weight excluding hydrogens is 156 g/mol. The molecule has 1 fully saturated rings. The Bertz CT molecular complexity index is 106. The van der Waals surface area contributed by atoms with Crippen molar-refractivity contribution in [1.82, 2.24) is 0 Å². The molecule has 0 aromatic carbocycles. The van der Waals surface area contributed by atoms with Crippen LogP contribution in [0.4, 0.5) is 0 Å². The van der Waals surface area contributed by atoms with Crippen LogP contribution in [0.15, 0.2) is 0 Å². The third-order valence-corrected chi connectivity index (χ3v) is 2.63. The first-order valence-corrected chi connectivity index (χ1v) is 4.01. The molecule has 5 heteroatoms. The second-order valence-electron chi connectivity index (χ2n) is 2.27. The first kappa shape index (κ1) is 8.29. The second-order valence-corrected chi connectivity index (χ2v) is 3.42. The topological polar surface area (TPSA) is 80.9 Å². The summed E-state index contributed by atoms with van der Waals surface area (Å²) in [6.07, 6.45) is -3.37. The van der Waals surface area contributed by atoms with Crippen molar-refractivity contribution in [3.63, 3.8) is 0 Å². The number of aliphatic hydroxyl groups is 4. The molecule has 4 atom stereocenters. The number of rotatable bonds is 0. The molecule has 4 N–H and O–H groups in total. The van der Waals surface area contributed by atoms with Crippen LogP contribution in [0.5, 0.6) is 0 Å². The lowest BCUT2D eigenvalue weighted by Crippen LogP contribution is -2.48. The van der Waals surface area contributed by atoms with Gasteiger partial charge in [0, 0.05) is 5.75 Å². The molecular formula is C5H10O4S. The standard InChI is InChI=1S/C5H10O4S/c6-2-1-10-5(9)4(8)3(2)7/h2-9H,1H2/t2-,3-,4-,5?/m1/s1. The Hall–Kier alpha value is 0.190. The van der Waals surface area contributed by atoms with Gasteiger partial charge in [-0.05, 0) is 0 Å². The number of aliphatic hydroxyl groups excluding tert-OH is 4. The van der Waals surface area contributed by atoms with Crippen molar-refractivity contribution in [3.8, 4) is 0 Å². The van der Waals surface area contributed by atoms with E-state index in [1.54, 1.807) is 0 Å². The van der Waals surface area contributed by atoms with Gasteiger partial charge >= 0.3 is 0 Å². The summed E-state index contributed by atoms with van der Waals surface area (Å²) in [7, 11) is 0. The van der Waals surface area contributed by atoms with E-state index >= 15 is 0 Å². The van der Waals surface area contributed by atoms with E-state index in [2.05, 4.69) is 0 Å². The molecule has 1 heterocycles. The molecule has 0 aliphatic carbocycles. The van der Waals surface area contributed by atoms with Gasteiger partial charge < -0.3 is 20.4 Å². The lowest BCUT2D eigenvalue weighted by molar-refractivity contribution is -0.0834. The summed E-state index contributed by atoms with van der Waals surface area (Å²) in [4.78, 5) is 0. The largest absolute Gasteiger partial charge is 0.389 e. The highest BCUT2D eigenvalue weighted by Gasteiger charge is 2.35. The summed E-state index contributed by atoms with van der Waals surface area (Å²) in [5.74, 6) is 0.263. The van der Waals surface area contributed by atoms with Gasteiger partial charge in [0.05, 0.1) is 6.10 Å². The SMILES string of the molecule is OC1SC[C@@H](O)[C@@H](O)[C@H]1O. The van der Waals surface area contributed by atoms with E-state index in [9.17, 15) is 0 Å². The lowest BCUT2D eigenvalue weighted by Gasteiger charge is -2.31. The van der Waals surface area contributed by atoms with E-state index in [1.807, 2.05) is 0 Å². The predicted molar refractivity (Wildman–Crippen MR) is 36.5 cm³/mol. The van der Waals surface area contributed by atoms with Crippen molar-refractivity contribution < 1.29 is 20.4 Å². The first-order valence-electron chi connectivity index (χ1n) is 2.97. The van der Waals surface area contributed by atoms with Crippen molar-refractivity contribution in [1.29, 1.82) is 0 Å². The highest BCUT2D eigenvalue weighted by molar-refractivity contribution is 7.99. The van der Waals surface area contributed by atoms with Crippen molar-refractivity contribution in [2.24, 2.45) is 0 Å². The van der Waals surface area contributed by atoms with E-state index in [1.165, 1.54) is 0 Å². The highest BCUT2D eigenvalue weighted by Crippen LogP contribution is 2.23. The normalized spacial score (nSPS) is 49.2. The number of hydrogen-bond acceptors (Lipinski definition) is 5. The highest BCUT2D eigenvalue weighted by atomic mass is 32.2. The lowest BCUT2D eigenvalue weighted by atomic mass is 10.1. The summed E-state index contributed by atoms with van der Waals surface area (Å²) in [5, 5.41) is 35.7. The van der Waals surface area contributed by atoms with Crippen molar-refractivity contribution in [2.75, 3.05) is 5.75 Å². The zero-order chi connectivity index (χ0) is 7.72. The van der Waals surface area contributed by atoms with Gasteiger partial charge in [0.15, 0.2) is 0 Å². The molecule has 0 saturated carbocycles. The van der Waals surface area contributed by atoms with Crippen LogP contribution < -0.4 is 0 Å². The summed E-state index contributed by atoms with van der Waals surface area (Å²) in [6.45, 7) is 0. The fourth-order valence-electron chi connectivity index (χ4n) is 0.791. The summed E-state index contributed by atoms with van der Waals surface area (Å²) < 4.78 is 0. The fourth-order valence-corrected chi connectivity index (χ4v) is 1.74. The molecule has 0 bridgehead atoms. The monoisotopic (exact) mass is 166 g/mol. The van der Waals surface area contributed by atoms with E-state index < -0.39 is 23.7 Å². The van der Waals surface area contributed by atoms with Crippen LogP contribution in [0, 0.1) is 0 Å². The average molecular weight is 166 g/mol. The Morgan fingerprint density at radius 3 is 2.10 bits per heavy atom. The van der Waals surface area contributed by atoms with Crippen LogP contribution in [0.2, 0.25) is 0 Å². The van der Waals surface area contributed by atoms with Crippen molar-refractivity contribution in [3.05, 3.63) is 0 Å². The van der Waals surface area contributed by atoms with Gasteiger partial charge in [-0.15, -0.1) is 11.8 Å². The molecule has 0 aromatic heterocycles. The number of hydrogen-bond donors (Lipinski definition) is 4. The van der Waals surface area contributed by atoms with Crippen molar-refractivity contribution >= 4 is 11.8 Å². The van der Waals surface area contributed by atoms with Gasteiger partial charge in [-0.3, -0.25) is 0 Å². The predicted octanol–water partition coefficient (Wildman–Crippen LogP) is -1.87. The van der Waals surface area contributed by atoms with Gasteiger partial charge in [0.1, 0.15) is 17.6 Å². The van der Waals surface area contributed by atoms with Crippen LogP contribution in [0.25, 0.3) is 0 Å². The van der Waals surface area contributed by atoms with E-state index in [-0.39, 0.29) is 5.75 Å². The molecule has 1 saturated heterocycles. The van der Waals surface area contributed by atoms with Crippen LogP contribution in [-0.2, 0) is 0 Å². The van der Waals surface area contributed by atoms with E-state index in [0.29, 0.717) is 0 Å². The summed E-state index contributed by atoms with van der Waals surface area (Å²) in [6, 6.07) is 0. The Labute approximate surface area is 62.5 Å². The van der Waals surface area contributed by atoms with E-state index in [0.717, 1.165) is 11.8 Å². The molecule has 1 aliphatic rings. The molecule has 0 radical (unpaired) electrons. The zero-order valence-electron chi connectivity index (χ0n) is 5.21. The third kappa shape index (κ3) is 1.43. The van der Waals surface area contributed by atoms with Crippen molar-refractivity contribution in [2.45, 2.75) is 23.7 Å².